The van der Waals surface area contributed by atoms with Gasteiger partial charge in [0.1, 0.15) is 18.1 Å². The molecule has 0 aromatic heterocycles. The molecule has 0 bridgehead atoms. The molecule has 3 aromatic carbocycles. The van der Waals surface area contributed by atoms with E-state index in [1.807, 2.05) is 26.0 Å². The molecule has 204 valence electrons. The molecule has 1 atom stereocenters. The van der Waals surface area contributed by atoms with E-state index in [1.165, 1.54) is 44.6 Å². The lowest BCUT2D eigenvalue weighted by Gasteiger charge is -2.27. The lowest BCUT2D eigenvalue weighted by Crippen LogP contribution is -2.42. The summed E-state index contributed by atoms with van der Waals surface area (Å²) in [5, 5.41) is 2.97. The second-order valence-electron chi connectivity index (χ2n) is 9.03. The Morgan fingerprint density at radius 3 is 2.08 bits per heavy atom. The molecule has 0 aliphatic carbocycles. The van der Waals surface area contributed by atoms with E-state index >= 15 is 0 Å². The maximum absolute atomic E-state index is 13.8. The molecule has 0 spiro atoms. The Bertz CT molecular complexity index is 1330. The maximum atomic E-state index is 13.8. The third-order valence-corrected chi connectivity index (χ3v) is 7.68. The molecule has 1 N–H and O–H groups in total. The second kappa shape index (κ2) is 12.6. The molecule has 0 aliphatic rings. The van der Waals surface area contributed by atoms with Crippen LogP contribution in [0.1, 0.15) is 31.9 Å². The summed E-state index contributed by atoms with van der Waals surface area (Å²) in [6, 6.07) is 16.1. The normalized spacial score (nSPS) is 12.1. The summed E-state index contributed by atoms with van der Waals surface area (Å²) in [5.74, 6) is 0.470. The van der Waals surface area contributed by atoms with Crippen LogP contribution in [-0.4, -0.2) is 42.2 Å². The Kier molecular flexibility index (Phi) is 9.57. The van der Waals surface area contributed by atoms with Crippen molar-refractivity contribution in [1.29, 1.82) is 0 Å². The van der Waals surface area contributed by atoms with Crippen molar-refractivity contribution in [1.82, 2.24) is 5.32 Å². The van der Waals surface area contributed by atoms with Crippen molar-refractivity contribution in [2.24, 2.45) is 5.92 Å². The van der Waals surface area contributed by atoms with E-state index in [-0.39, 0.29) is 28.3 Å². The predicted molar refractivity (Wildman–Crippen MR) is 144 cm³/mol. The van der Waals surface area contributed by atoms with Crippen LogP contribution < -0.4 is 23.8 Å². The van der Waals surface area contributed by atoms with Crippen LogP contribution in [-0.2, 0) is 14.8 Å². The van der Waals surface area contributed by atoms with E-state index in [1.54, 1.807) is 19.2 Å². The van der Waals surface area contributed by atoms with Gasteiger partial charge in [0.15, 0.2) is 11.5 Å². The van der Waals surface area contributed by atoms with E-state index in [9.17, 15) is 17.6 Å². The number of ether oxygens (including phenoxy) is 3. The van der Waals surface area contributed by atoms with Gasteiger partial charge in [0.25, 0.3) is 10.0 Å². The third-order valence-electron chi connectivity index (χ3n) is 5.91. The smallest absolute Gasteiger partial charge is 0.264 e. The number of rotatable bonds is 12. The lowest BCUT2D eigenvalue weighted by atomic mass is 9.97. The Morgan fingerprint density at radius 2 is 1.53 bits per heavy atom. The lowest BCUT2D eigenvalue weighted by molar-refractivity contribution is -0.120. The van der Waals surface area contributed by atoms with Crippen LogP contribution in [0, 0.1) is 11.7 Å². The fourth-order valence-corrected chi connectivity index (χ4v) is 5.42. The number of hydrogen-bond donors (Lipinski definition) is 1. The zero-order valence-electron chi connectivity index (χ0n) is 22.1. The summed E-state index contributed by atoms with van der Waals surface area (Å²) in [7, 11) is 0.159. The highest BCUT2D eigenvalue weighted by atomic mass is 32.2. The molecule has 3 rings (SSSR count). The highest BCUT2D eigenvalue weighted by Gasteiger charge is 2.29. The van der Waals surface area contributed by atoms with Crippen molar-refractivity contribution < 1.29 is 31.8 Å². The number of carbonyl (C=O) groups excluding carboxylic acids is 1. The van der Waals surface area contributed by atoms with Gasteiger partial charge in [-0.15, -0.1) is 0 Å². The predicted octanol–water partition coefficient (Wildman–Crippen LogP) is 4.95. The van der Waals surface area contributed by atoms with Crippen LogP contribution >= 0.6 is 0 Å². The topological polar surface area (TPSA) is 94.2 Å². The van der Waals surface area contributed by atoms with Crippen molar-refractivity contribution in [2.75, 3.05) is 32.2 Å². The maximum Gasteiger partial charge on any atom is 0.264 e. The van der Waals surface area contributed by atoms with Crippen LogP contribution in [0.25, 0.3) is 0 Å². The molecule has 38 heavy (non-hydrogen) atoms. The van der Waals surface area contributed by atoms with Gasteiger partial charge in [-0.3, -0.25) is 9.10 Å². The van der Waals surface area contributed by atoms with E-state index in [2.05, 4.69) is 5.32 Å². The van der Waals surface area contributed by atoms with Gasteiger partial charge in [0, 0.05) is 6.07 Å². The minimum atomic E-state index is -4.25. The Labute approximate surface area is 223 Å². The van der Waals surface area contributed by atoms with Crippen molar-refractivity contribution in [3.8, 4) is 17.2 Å². The number of nitrogens with one attached hydrogen (secondary N) is 1. The first-order valence-electron chi connectivity index (χ1n) is 12.0. The van der Waals surface area contributed by atoms with Gasteiger partial charge in [0.2, 0.25) is 5.91 Å². The Balaban J connectivity index is 1.96. The van der Waals surface area contributed by atoms with Crippen molar-refractivity contribution in [3.63, 3.8) is 0 Å². The van der Waals surface area contributed by atoms with Crippen molar-refractivity contribution in [2.45, 2.75) is 31.2 Å². The SMILES string of the molecule is COc1ccc([C@H](CC(C)C)NC(=O)CN(c2ccc(F)cc2)S(=O)(=O)c2ccc(OC)c(OC)c2)cc1. The summed E-state index contributed by atoms with van der Waals surface area (Å²) >= 11 is 0. The minimum Gasteiger partial charge on any atom is -0.497 e. The van der Waals surface area contributed by atoms with Gasteiger partial charge >= 0.3 is 0 Å². The number of amides is 1. The van der Waals surface area contributed by atoms with Gasteiger partial charge in [0.05, 0.1) is 38.0 Å². The molecule has 0 saturated heterocycles. The van der Waals surface area contributed by atoms with Crippen molar-refractivity contribution >= 4 is 21.6 Å². The summed E-state index contributed by atoms with van der Waals surface area (Å²) in [4.78, 5) is 13.2. The number of methoxy groups -OCH3 is 3. The summed E-state index contributed by atoms with van der Waals surface area (Å²) in [6.45, 7) is 3.55. The molecule has 0 fully saturated rings. The van der Waals surface area contributed by atoms with Gasteiger partial charge in [-0.1, -0.05) is 26.0 Å². The monoisotopic (exact) mass is 544 g/mol. The quantitative estimate of drug-likeness (QED) is 0.347. The van der Waals surface area contributed by atoms with Crippen LogP contribution in [0.2, 0.25) is 0 Å². The zero-order valence-corrected chi connectivity index (χ0v) is 22.9. The summed E-state index contributed by atoms with van der Waals surface area (Å²) in [5.41, 5.74) is 1.00. The zero-order chi connectivity index (χ0) is 27.9. The molecular weight excluding hydrogens is 511 g/mol. The first-order chi connectivity index (χ1) is 18.1. The van der Waals surface area contributed by atoms with Gasteiger partial charge in [-0.05, 0) is 66.4 Å². The number of hydrogen-bond acceptors (Lipinski definition) is 6. The molecule has 0 heterocycles. The fraction of sp³-hybridized carbons (Fsp3) is 0.321. The van der Waals surface area contributed by atoms with E-state index < -0.39 is 28.3 Å². The Hall–Kier alpha value is -3.79. The first kappa shape index (κ1) is 28.8. The average molecular weight is 545 g/mol. The fourth-order valence-electron chi connectivity index (χ4n) is 3.98. The van der Waals surface area contributed by atoms with Crippen molar-refractivity contribution in [3.05, 3.63) is 78.1 Å². The van der Waals surface area contributed by atoms with Crippen LogP contribution in [0.4, 0.5) is 10.1 Å². The highest BCUT2D eigenvalue weighted by Crippen LogP contribution is 2.32. The molecular formula is C28H33FN2O6S. The van der Waals surface area contributed by atoms with Crippen LogP contribution in [0.3, 0.4) is 0 Å². The minimum absolute atomic E-state index is 0.110. The second-order valence-corrected chi connectivity index (χ2v) is 10.9. The Morgan fingerprint density at radius 1 is 0.895 bits per heavy atom. The molecule has 8 nitrogen and oxygen atoms in total. The molecule has 0 aliphatic heterocycles. The van der Waals surface area contributed by atoms with Crippen LogP contribution in [0.5, 0.6) is 17.2 Å². The molecule has 3 aromatic rings. The standard InChI is InChI=1S/C28H33FN2O6S/c1-19(2)16-25(20-6-12-23(35-3)13-7-20)30-28(32)18-31(22-10-8-21(29)9-11-22)38(33,34)24-14-15-26(36-4)27(17-24)37-5/h6-15,17,19,25H,16,18H2,1-5H3,(H,30,32)/t25-/m0/s1. The molecule has 10 heteroatoms. The molecule has 0 saturated carbocycles. The first-order valence-corrected chi connectivity index (χ1v) is 13.5. The highest BCUT2D eigenvalue weighted by molar-refractivity contribution is 7.92. The van der Waals surface area contributed by atoms with Gasteiger partial charge in [-0.25, -0.2) is 12.8 Å². The number of anilines is 1. The average Bonchev–Trinajstić information content (AvgIpc) is 2.91. The van der Waals surface area contributed by atoms with Gasteiger partial charge in [-0.2, -0.15) is 0 Å². The molecule has 0 unspecified atom stereocenters. The number of carbonyl (C=O) groups is 1. The van der Waals surface area contributed by atoms with Crippen LogP contribution in [0.15, 0.2) is 71.6 Å². The summed E-state index contributed by atoms with van der Waals surface area (Å²) < 4.78 is 57.8. The number of sulfonamides is 1. The molecule has 0 radical (unpaired) electrons. The third kappa shape index (κ3) is 6.95. The number of nitrogens with zero attached hydrogens (tertiary/aromatic N) is 1. The molecule has 1 amide bonds. The number of benzene rings is 3. The van der Waals surface area contributed by atoms with E-state index in [4.69, 9.17) is 14.2 Å². The number of halogens is 1. The summed E-state index contributed by atoms with van der Waals surface area (Å²) in [6.07, 6.45) is 0.636. The largest absolute Gasteiger partial charge is 0.497 e. The van der Waals surface area contributed by atoms with Gasteiger partial charge < -0.3 is 19.5 Å². The van der Waals surface area contributed by atoms with E-state index in [0.717, 1.165) is 22.0 Å². The van der Waals surface area contributed by atoms with E-state index in [0.29, 0.717) is 17.9 Å².